The lowest BCUT2D eigenvalue weighted by molar-refractivity contribution is -0.161. The van der Waals surface area contributed by atoms with Gasteiger partial charge in [0.1, 0.15) is 19.3 Å². The van der Waals surface area contributed by atoms with Gasteiger partial charge in [-0.1, -0.05) is 317 Å². The van der Waals surface area contributed by atoms with Gasteiger partial charge >= 0.3 is 39.5 Å². The van der Waals surface area contributed by atoms with Crippen LogP contribution in [0.25, 0.3) is 0 Å². The molecule has 0 aliphatic heterocycles. The van der Waals surface area contributed by atoms with Gasteiger partial charge in [-0.15, -0.1) is 0 Å². The fourth-order valence-electron chi connectivity index (χ4n) is 11.2. The van der Waals surface area contributed by atoms with Gasteiger partial charge in [0.25, 0.3) is 0 Å². The third kappa shape index (κ3) is 67.4. The maximum Gasteiger partial charge on any atom is 0.472 e. The van der Waals surface area contributed by atoms with Gasteiger partial charge in [-0.3, -0.25) is 37.3 Å². The normalized spacial score (nSPS) is 14.8. The smallest absolute Gasteiger partial charge is 0.462 e. The summed E-state index contributed by atoms with van der Waals surface area (Å²) < 4.78 is 68.5. The van der Waals surface area contributed by atoms with Crippen LogP contribution in [0, 0.1) is 17.8 Å². The first kappa shape index (κ1) is 93.5. The number of carbonyl (C=O) groups is 4. The van der Waals surface area contributed by atoms with E-state index in [1.165, 1.54) is 154 Å². The van der Waals surface area contributed by atoms with Crippen molar-refractivity contribution in [1.82, 2.24) is 0 Å². The SMILES string of the molecule is CCCCCC/C=C\C=C/CCCCCCCC(=O)OC[C@H](COP(=O)(O)OC[C@@H](O)COP(=O)(O)OC[C@@H](COC(=O)CCCCCCCCC(C)CC)OC(=O)CCCCCCCCCCC(C)CC)OC(=O)CCCCCCCCCCCCCCCCCCC(C)C. The molecule has 0 spiro atoms. The molecule has 7 atom stereocenters. The van der Waals surface area contributed by atoms with Gasteiger partial charge in [0.05, 0.1) is 26.4 Å². The quantitative estimate of drug-likeness (QED) is 0.0169. The predicted octanol–water partition coefficient (Wildman–Crippen LogP) is 22.1. The van der Waals surface area contributed by atoms with Crippen molar-refractivity contribution in [2.45, 2.75) is 388 Å². The van der Waals surface area contributed by atoms with Crippen LogP contribution < -0.4 is 0 Å². The minimum absolute atomic E-state index is 0.101. The van der Waals surface area contributed by atoms with E-state index >= 15 is 0 Å². The number of allylic oxidation sites excluding steroid dienone is 4. The Balaban J connectivity index is 5.28. The Labute approximate surface area is 586 Å². The number of hydrogen-bond acceptors (Lipinski definition) is 15. The fourth-order valence-corrected chi connectivity index (χ4v) is 12.8. The molecule has 19 heteroatoms. The molecule has 0 heterocycles. The van der Waals surface area contributed by atoms with E-state index in [-0.39, 0.29) is 25.7 Å². The van der Waals surface area contributed by atoms with Gasteiger partial charge in [0.15, 0.2) is 12.2 Å². The van der Waals surface area contributed by atoms with Gasteiger partial charge in [-0.05, 0) is 69.1 Å². The fraction of sp³-hybridized carbons (Fsp3) is 0.896. The number of carbonyl (C=O) groups excluding carboxylic acids is 4. The summed E-state index contributed by atoms with van der Waals surface area (Å²) in [6.45, 7) is 11.8. The lowest BCUT2D eigenvalue weighted by Crippen LogP contribution is -2.30. The molecule has 0 aliphatic carbocycles. The second kappa shape index (κ2) is 67.1. The summed E-state index contributed by atoms with van der Waals surface area (Å²) in [5.41, 5.74) is 0. The summed E-state index contributed by atoms with van der Waals surface area (Å²) >= 11 is 0. The van der Waals surface area contributed by atoms with E-state index in [1.807, 2.05) is 0 Å². The van der Waals surface area contributed by atoms with E-state index in [1.54, 1.807) is 0 Å². The number of unbranched alkanes of at least 4 members (excludes halogenated alkanes) is 36. The number of hydrogen-bond donors (Lipinski definition) is 3. The lowest BCUT2D eigenvalue weighted by atomic mass is 9.99. The number of phosphoric acid groups is 2. The largest absolute Gasteiger partial charge is 0.472 e. The van der Waals surface area contributed by atoms with Crippen LogP contribution in [0.2, 0.25) is 0 Å². The van der Waals surface area contributed by atoms with Crippen molar-refractivity contribution in [3.05, 3.63) is 24.3 Å². The molecule has 0 bridgehead atoms. The second-order valence-electron chi connectivity index (χ2n) is 28.0. The first-order chi connectivity index (χ1) is 46.3. The zero-order chi connectivity index (χ0) is 70.9. The molecule has 3 N–H and O–H groups in total. The van der Waals surface area contributed by atoms with Crippen LogP contribution in [0.15, 0.2) is 24.3 Å². The number of rotatable bonds is 73. The molecule has 0 aliphatic rings. The first-order valence-electron chi connectivity index (χ1n) is 39.2. The molecule has 0 amide bonds. The summed E-state index contributed by atoms with van der Waals surface area (Å²) in [5, 5.41) is 10.6. The van der Waals surface area contributed by atoms with Gasteiger partial charge < -0.3 is 33.8 Å². The van der Waals surface area contributed by atoms with Crippen LogP contribution in [0.1, 0.15) is 370 Å². The molecule has 17 nitrogen and oxygen atoms in total. The summed E-state index contributed by atoms with van der Waals surface area (Å²) in [4.78, 5) is 72.8. The zero-order valence-electron chi connectivity index (χ0n) is 62.3. The molecule has 0 aromatic rings. The summed E-state index contributed by atoms with van der Waals surface area (Å²) in [6.07, 6.45) is 56.3. The third-order valence-electron chi connectivity index (χ3n) is 18.0. The Morgan fingerprint density at radius 1 is 0.344 bits per heavy atom. The highest BCUT2D eigenvalue weighted by atomic mass is 31.2. The first-order valence-corrected chi connectivity index (χ1v) is 42.2. The maximum absolute atomic E-state index is 13.1. The third-order valence-corrected chi connectivity index (χ3v) is 19.9. The topological polar surface area (TPSA) is 237 Å². The molecule has 0 radical (unpaired) electrons. The van der Waals surface area contributed by atoms with Gasteiger partial charge in [-0.25, -0.2) is 9.13 Å². The van der Waals surface area contributed by atoms with Crippen LogP contribution in [-0.4, -0.2) is 96.7 Å². The van der Waals surface area contributed by atoms with Crippen LogP contribution in [0.3, 0.4) is 0 Å². The Hall–Kier alpha value is -2.46. The monoisotopic (exact) mass is 1410 g/mol. The average molecular weight is 1410 g/mol. The molecular formula is C77H146O17P2. The molecule has 0 saturated heterocycles. The van der Waals surface area contributed by atoms with E-state index in [4.69, 9.17) is 37.0 Å². The summed E-state index contributed by atoms with van der Waals surface area (Å²) in [6, 6.07) is 0. The van der Waals surface area contributed by atoms with Gasteiger partial charge in [-0.2, -0.15) is 0 Å². The van der Waals surface area contributed by atoms with Crippen molar-refractivity contribution in [3.63, 3.8) is 0 Å². The minimum Gasteiger partial charge on any atom is -0.462 e. The molecule has 0 saturated carbocycles. The molecule has 566 valence electrons. The lowest BCUT2D eigenvalue weighted by Gasteiger charge is -2.21. The highest BCUT2D eigenvalue weighted by Crippen LogP contribution is 2.45. The van der Waals surface area contributed by atoms with Crippen LogP contribution in [0.4, 0.5) is 0 Å². The number of aliphatic hydroxyl groups excluding tert-OH is 1. The van der Waals surface area contributed by atoms with E-state index in [9.17, 15) is 43.2 Å². The average Bonchev–Trinajstić information content (AvgIpc) is 1.14. The highest BCUT2D eigenvalue weighted by molar-refractivity contribution is 7.47. The van der Waals surface area contributed by atoms with Crippen molar-refractivity contribution in [3.8, 4) is 0 Å². The summed E-state index contributed by atoms with van der Waals surface area (Å²) in [5.74, 6) is 0.155. The highest BCUT2D eigenvalue weighted by Gasteiger charge is 2.30. The minimum atomic E-state index is -4.97. The Kier molecular flexibility index (Phi) is 65.3. The van der Waals surface area contributed by atoms with Crippen molar-refractivity contribution in [1.29, 1.82) is 0 Å². The van der Waals surface area contributed by atoms with Crippen LogP contribution >= 0.6 is 15.6 Å². The Morgan fingerprint density at radius 2 is 0.615 bits per heavy atom. The number of esters is 4. The van der Waals surface area contributed by atoms with Crippen molar-refractivity contribution in [2.75, 3.05) is 39.6 Å². The number of aliphatic hydroxyl groups is 1. The molecule has 0 aromatic carbocycles. The predicted molar refractivity (Wildman–Crippen MR) is 390 cm³/mol. The van der Waals surface area contributed by atoms with E-state index in [0.717, 1.165) is 133 Å². The molecule has 0 aromatic heterocycles. The molecule has 4 unspecified atom stereocenters. The van der Waals surface area contributed by atoms with Gasteiger partial charge in [0.2, 0.25) is 0 Å². The second-order valence-corrected chi connectivity index (χ2v) is 30.9. The zero-order valence-corrected chi connectivity index (χ0v) is 64.1. The molecular weight excluding hydrogens is 1260 g/mol. The van der Waals surface area contributed by atoms with E-state index < -0.39 is 97.5 Å². The van der Waals surface area contributed by atoms with E-state index in [0.29, 0.717) is 25.7 Å². The maximum atomic E-state index is 13.1. The molecule has 0 fully saturated rings. The van der Waals surface area contributed by atoms with Crippen molar-refractivity contribution < 1.29 is 80.2 Å². The van der Waals surface area contributed by atoms with E-state index in [2.05, 4.69) is 72.8 Å². The van der Waals surface area contributed by atoms with Crippen LogP contribution in [0.5, 0.6) is 0 Å². The molecule has 96 heavy (non-hydrogen) atoms. The summed E-state index contributed by atoms with van der Waals surface area (Å²) in [7, 11) is -9.93. The number of ether oxygens (including phenoxy) is 4. The van der Waals surface area contributed by atoms with Gasteiger partial charge in [0, 0.05) is 25.7 Å². The van der Waals surface area contributed by atoms with Crippen molar-refractivity contribution in [2.24, 2.45) is 17.8 Å². The Morgan fingerprint density at radius 3 is 0.927 bits per heavy atom. The van der Waals surface area contributed by atoms with Crippen LogP contribution in [-0.2, 0) is 65.4 Å². The van der Waals surface area contributed by atoms with Crippen molar-refractivity contribution >= 4 is 39.5 Å². The molecule has 0 rings (SSSR count). The standard InChI is InChI=1S/C77H146O17P2/c1-8-11-12-13-14-15-16-17-20-24-27-30-36-44-51-58-74(79)87-64-72(93-76(81)60-53-46-37-31-28-25-22-19-18-21-23-26-29-34-41-48-55-68(4)5)66-91-95(83,84)89-62-71(78)63-90-96(85,86)92-67-73(65-88-75(80)59-52-45-40-39-43-50-57-70(7)10-3)94-77(82)61-54-47-38-33-32-35-42-49-56-69(6)9-2/h15-17,20,68-73,78H,8-14,18-19,21-67H2,1-7H3,(H,83,84)(H,85,86)/b16-15-,20-17-/t69?,70?,71-,72-,73-/m1/s1. The number of phosphoric ester groups is 2. The Bertz CT molecular complexity index is 1970.